The Kier molecular flexibility index (Phi) is 11.2. The molecule has 0 saturated heterocycles. The van der Waals surface area contributed by atoms with Crippen LogP contribution < -0.4 is 21.7 Å². The number of benzene rings is 1. The third kappa shape index (κ3) is 7.97. The van der Waals surface area contributed by atoms with Crippen LogP contribution in [0.2, 0.25) is 0 Å². The predicted octanol–water partition coefficient (Wildman–Crippen LogP) is -0.0219. The summed E-state index contributed by atoms with van der Waals surface area (Å²) in [5, 5.41) is 27.3. The molecule has 198 valence electrons. The van der Waals surface area contributed by atoms with E-state index in [1.54, 1.807) is 20.0 Å². The maximum Gasteiger partial charge on any atom is 0.326 e. The van der Waals surface area contributed by atoms with Crippen LogP contribution >= 0.6 is 11.8 Å². The number of rotatable bonds is 14. The van der Waals surface area contributed by atoms with Gasteiger partial charge in [0.1, 0.15) is 24.2 Å². The summed E-state index contributed by atoms with van der Waals surface area (Å²) in [6.45, 7) is 2.84. The van der Waals surface area contributed by atoms with Gasteiger partial charge >= 0.3 is 5.97 Å². The molecular weight excluding hydrogens is 486 g/mol. The van der Waals surface area contributed by atoms with Crippen LogP contribution in [0.5, 0.6) is 0 Å². The van der Waals surface area contributed by atoms with Crippen LogP contribution in [0, 0.1) is 5.92 Å². The molecule has 4 atom stereocenters. The van der Waals surface area contributed by atoms with Gasteiger partial charge in [-0.1, -0.05) is 32.0 Å². The molecule has 0 spiro atoms. The van der Waals surface area contributed by atoms with Gasteiger partial charge in [0.25, 0.3) is 0 Å². The Balaban J connectivity index is 2.25. The van der Waals surface area contributed by atoms with Crippen LogP contribution in [0.25, 0.3) is 10.9 Å². The van der Waals surface area contributed by atoms with Crippen molar-refractivity contribution in [1.82, 2.24) is 20.9 Å². The average molecular weight is 522 g/mol. The summed E-state index contributed by atoms with van der Waals surface area (Å²) < 4.78 is 0. The number of nitrogens with one attached hydrogen (secondary N) is 4. The molecule has 0 bridgehead atoms. The van der Waals surface area contributed by atoms with E-state index in [4.69, 9.17) is 5.73 Å². The van der Waals surface area contributed by atoms with E-state index in [1.165, 1.54) is 11.8 Å². The molecule has 0 aliphatic carbocycles. The molecule has 0 saturated carbocycles. The number of thioether (sulfide) groups is 1. The minimum Gasteiger partial charge on any atom is -0.480 e. The molecule has 36 heavy (non-hydrogen) atoms. The smallest absolute Gasteiger partial charge is 0.326 e. The SMILES string of the molecule is CSCCC(NC(=O)C(NC(=O)C(Cc1c[nH]c2ccccc12)NC(=O)C(N)CO)C(C)C)C(=O)O. The number of carbonyl (C=O) groups excluding carboxylic acids is 3. The molecule has 0 aliphatic heterocycles. The van der Waals surface area contributed by atoms with E-state index in [-0.39, 0.29) is 18.8 Å². The molecule has 2 aromatic rings. The Morgan fingerprint density at radius 2 is 1.69 bits per heavy atom. The van der Waals surface area contributed by atoms with Gasteiger partial charge in [-0.3, -0.25) is 14.4 Å². The summed E-state index contributed by atoms with van der Waals surface area (Å²) in [5.74, 6) is -2.97. The Hall–Kier alpha value is -3.09. The first-order valence-electron chi connectivity index (χ1n) is 11.6. The maximum absolute atomic E-state index is 13.3. The van der Waals surface area contributed by atoms with Gasteiger partial charge < -0.3 is 36.9 Å². The summed E-state index contributed by atoms with van der Waals surface area (Å²) in [6, 6.07) is 3.02. The first-order valence-corrected chi connectivity index (χ1v) is 13.0. The number of hydrogen-bond acceptors (Lipinski definition) is 7. The van der Waals surface area contributed by atoms with Crippen molar-refractivity contribution in [1.29, 1.82) is 0 Å². The van der Waals surface area contributed by atoms with Gasteiger partial charge in [-0.15, -0.1) is 0 Å². The number of aliphatic hydroxyl groups is 1. The van der Waals surface area contributed by atoms with Crippen molar-refractivity contribution in [3.8, 4) is 0 Å². The van der Waals surface area contributed by atoms with Crippen LogP contribution in [0.15, 0.2) is 30.5 Å². The van der Waals surface area contributed by atoms with Gasteiger partial charge in [-0.25, -0.2) is 4.79 Å². The van der Waals surface area contributed by atoms with E-state index in [2.05, 4.69) is 20.9 Å². The number of aromatic amines is 1. The van der Waals surface area contributed by atoms with Gasteiger partial charge in [0, 0.05) is 23.5 Å². The summed E-state index contributed by atoms with van der Waals surface area (Å²) in [5.41, 5.74) is 7.25. The number of hydrogen-bond donors (Lipinski definition) is 7. The number of carbonyl (C=O) groups is 4. The predicted molar refractivity (Wildman–Crippen MR) is 138 cm³/mol. The third-order valence-corrected chi connectivity index (χ3v) is 6.38. The van der Waals surface area contributed by atoms with Crippen molar-refractivity contribution >= 4 is 46.4 Å². The molecule has 0 aliphatic rings. The number of amides is 3. The second-order valence-corrected chi connectivity index (χ2v) is 9.81. The number of carboxylic acid groups (broad SMARTS) is 1. The molecule has 1 heterocycles. The number of aliphatic hydroxyl groups excluding tert-OH is 1. The normalized spacial score (nSPS) is 14.6. The molecule has 1 aromatic heterocycles. The average Bonchev–Trinajstić information content (AvgIpc) is 3.26. The summed E-state index contributed by atoms with van der Waals surface area (Å²) in [6.07, 6.45) is 3.90. The lowest BCUT2D eigenvalue weighted by Crippen LogP contribution is -2.59. The van der Waals surface area contributed by atoms with Gasteiger partial charge in [0.05, 0.1) is 6.61 Å². The molecule has 1 aromatic carbocycles. The second kappa shape index (κ2) is 13.9. The molecule has 4 unspecified atom stereocenters. The zero-order chi connectivity index (χ0) is 26.8. The van der Waals surface area contributed by atoms with Gasteiger partial charge in [0.15, 0.2) is 0 Å². The summed E-state index contributed by atoms with van der Waals surface area (Å²) in [7, 11) is 0. The number of fused-ring (bicyclic) bond motifs is 1. The van der Waals surface area contributed by atoms with Crippen molar-refractivity contribution in [2.75, 3.05) is 18.6 Å². The highest BCUT2D eigenvalue weighted by atomic mass is 32.2. The quantitative estimate of drug-likeness (QED) is 0.181. The first kappa shape index (κ1) is 29.1. The topological polar surface area (TPSA) is 187 Å². The standard InChI is InChI=1S/C24H35N5O6S/c1-13(2)20(23(33)27-18(24(34)35)8-9-36-3)29-22(32)19(28-21(31)16(25)12-30)10-14-11-26-17-7-5-4-6-15(14)17/h4-7,11,13,16,18-20,26,30H,8-10,12,25H2,1-3H3,(H,27,33)(H,28,31)(H,29,32)(H,34,35). The van der Waals surface area contributed by atoms with Crippen molar-refractivity contribution in [2.24, 2.45) is 11.7 Å². The minimum atomic E-state index is -1.22. The first-order chi connectivity index (χ1) is 17.1. The Morgan fingerprint density at radius 1 is 1.03 bits per heavy atom. The Morgan fingerprint density at radius 3 is 2.31 bits per heavy atom. The molecule has 8 N–H and O–H groups in total. The van der Waals surface area contributed by atoms with E-state index in [0.29, 0.717) is 5.75 Å². The fraction of sp³-hybridized carbons (Fsp3) is 0.500. The number of para-hydroxylation sites is 1. The highest BCUT2D eigenvalue weighted by Gasteiger charge is 2.32. The minimum absolute atomic E-state index is 0.0949. The summed E-state index contributed by atoms with van der Waals surface area (Å²) >= 11 is 1.46. The van der Waals surface area contributed by atoms with Crippen LogP contribution in [0.1, 0.15) is 25.8 Å². The van der Waals surface area contributed by atoms with Gasteiger partial charge in [-0.05, 0) is 36.0 Å². The van der Waals surface area contributed by atoms with Crippen molar-refractivity contribution < 1.29 is 29.4 Å². The molecule has 12 heteroatoms. The maximum atomic E-state index is 13.3. The lowest BCUT2D eigenvalue weighted by atomic mass is 10.00. The lowest BCUT2D eigenvalue weighted by Gasteiger charge is -2.27. The van der Waals surface area contributed by atoms with Crippen molar-refractivity contribution in [3.63, 3.8) is 0 Å². The molecule has 0 radical (unpaired) electrons. The molecule has 2 rings (SSSR count). The Labute approximate surface area is 214 Å². The second-order valence-electron chi connectivity index (χ2n) is 8.83. The highest BCUT2D eigenvalue weighted by Crippen LogP contribution is 2.19. The van der Waals surface area contributed by atoms with Crippen LogP contribution in [-0.2, 0) is 25.6 Å². The highest BCUT2D eigenvalue weighted by molar-refractivity contribution is 7.98. The van der Waals surface area contributed by atoms with Crippen LogP contribution in [0.4, 0.5) is 0 Å². The third-order valence-electron chi connectivity index (χ3n) is 5.74. The van der Waals surface area contributed by atoms with E-state index in [9.17, 15) is 29.4 Å². The lowest BCUT2D eigenvalue weighted by molar-refractivity contribution is -0.142. The zero-order valence-electron chi connectivity index (χ0n) is 20.6. The summed E-state index contributed by atoms with van der Waals surface area (Å²) in [4.78, 5) is 53.4. The number of H-pyrrole nitrogens is 1. The zero-order valence-corrected chi connectivity index (χ0v) is 21.4. The van der Waals surface area contributed by atoms with E-state index < -0.39 is 54.5 Å². The van der Waals surface area contributed by atoms with E-state index >= 15 is 0 Å². The fourth-order valence-corrected chi connectivity index (χ4v) is 4.11. The largest absolute Gasteiger partial charge is 0.480 e. The molecular formula is C24H35N5O6S. The number of aliphatic carboxylic acids is 1. The van der Waals surface area contributed by atoms with Crippen molar-refractivity contribution in [3.05, 3.63) is 36.0 Å². The Bertz CT molecular complexity index is 1060. The number of aromatic nitrogens is 1. The molecule has 0 fully saturated rings. The molecule has 11 nitrogen and oxygen atoms in total. The van der Waals surface area contributed by atoms with Crippen molar-refractivity contribution in [2.45, 2.75) is 50.9 Å². The molecule has 3 amide bonds. The fourth-order valence-electron chi connectivity index (χ4n) is 3.63. The van der Waals surface area contributed by atoms with Crippen LogP contribution in [0.3, 0.4) is 0 Å². The van der Waals surface area contributed by atoms with E-state index in [0.717, 1.165) is 16.5 Å². The number of nitrogens with two attached hydrogens (primary N) is 1. The van der Waals surface area contributed by atoms with Gasteiger partial charge in [0.2, 0.25) is 17.7 Å². The van der Waals surface area contributed by atoms with Crippen LogP contribution in [-0.4, -0.2) is 81.7 Å². The van der Waals surface area contributed by atoms with Gasteiger partial charge in [-0.2, -0.15) is 11.8 Å². The monoisotopic (exact) mass is 521 g/mol. The number of carboxylic acids is 1. The van der Waals surface area contributed by atoms with E-state index in [1.807, 2.05) is 30.5 Å².